The van der Waals surface area contributed by atoms with Crippen molar-refractivity contribution >= 4 is 37.5 Å². The molecule has 0 N–H and O–H groups in total. The topological polar surface area (TPSA) is 52.4 Å². The van der Waals surface area contributed by atoms with Gasteiger partial charge in [-0.3, -0.25) is 10.1 Å². The summed E-state index contributed by atoms with van der Waals surface area (Å²) >= 11 is 7.22. The van der Waals surface area contributed by atoms with Gasteiger partial charge in [0.1, 0.15) is 11.9 Å². The minimum Gasteiger partial charge on any atom is -0.488 e. The zero-order valence-electron chi connectivity index (χ0n) is 11.6. The van der Waals surface area contributed by atoms with E-state index in [1.54, 1.807) is 6.07 Å². The number of ether oxygens (including phenoxy) is 1. The first kappa shape index (κ1) is 15.3. The van der Waals surface area contributed by atoms with Crippen LogP contribution in [0.5, 0.6) is 5.75 Å². The number of benzene rings is 1. The Morgan fingerprint density at radius 2 is 2.00 bits per heavy atom. The van der Waals surface area contributed by atoms with Crippen LogP contribution >= 0.6 is 31.9 Å². The first-order chi connectivity index (χ1) is 10.0. The van der Waals surface area contributed by atoms with Gasteiger partial charge < -0.3 is 4.74 Å². The Hall–Kier alpha value is -0.620. The molecule has 2 unspecified atom stereocenters. The molecule has 0 heterocycles. The predicted molar refractivity (Wildman–Crippen MR) is 88.1 cm³/mol. The summed E-state index contributed by atoms with van der Waals surface area (Å²) in [7, 11) is 0. The third-order valence-corrected chi connectivity index (χ3v) is 6.81. The number of nitrogens with zero attached hydrogens (tertiary/aromatic N) is 1. The molecular weight excluding hydrogens is 402 g/mol. The summed E-state index contributed by atoms with van der Waals surface area (Å²) in [5.41, 5.74) is 0.281. The Balaban J connectivity index is 1.80. The highest BCUT2D eigenvalue weighted by Crippen LogP contribution is 2.56. The number of nitro benzene ring substituents is 1. The number of non-ortho nitro benzene ring substituents is 1. The van der Waals surface area contributed by atoms with Crippen molar-refractivity contribution in [2.24, 2.45) is 5.41 Å². The van der Waals surface area contributed by atoms with Crippen molar-refractivity contribution in [2.75, 3.05) is 0 Å². The van der Waals surface area contributed by atoms with E-state index < -0.39 is 0 Å². The van der Waals surface area contributed by atoms with E-state index in [9.17, 15) is 10.1 Å². The van der Waals surface area contributed by atoms with E-state index in [4.69, 9.17) is 4.74 Å². The largest absolute Gasteiger partial charge is 0.488 e. The lowest BCUT2D eigenvalue weighted by Crippen LogP contribution is -2.57. The highest BCUT2D eigenvalue weighted by molar-refractivity contribution is 9.10. The Kier molecular flexibility index (Phi) is 4.28. The monoisotopic (exact) mass is 417 g/mol. The van der Waals surface area contributed by atoms with E-state index in [1.807, 2.05) is 0 Å². The van der Waals surface area contributed by atoms with Crippen LogP contribution in [0.4, 0.5) is 5.69 Å². The van der Waals surface area contributed by atoms with Gasteiger partial charge in [-0.1, -0.05) is 35.2 Å². The van der Waals surface area contributed by atoms with Crippen LogP contribution in [0.1, 0.15) is 38.5 Å². The molecule has 2 saturated carbocycles. The average molecular weight is 419 g/mol. The maximum Gasteiger partial charge on any atom is 0.273 e. The maximum atomic E-state index is 10.9. The predicted octanol–water partition coefficient (Wildman–Crippen LogP) is 5.22. The summed E-state index contributed by atoms with van der Waals surface area (Å²) in [6.07, 6.45) is 7.28. The number of rotatable bonds is 3. The van der Waals surface area contributed by atoms with Gasteiger partial charge in [0.05, 0.1) is 15.5 Å². The lowest BCUT2D eigenvalue weighted by molar-refractivity contribution is -0.385. The molecule has 21 heavy (non-hydrogen) atoms. The molecule has 0 aliphatic heterocycles. The second kappa shape index (κ2) is 5.88. The molecule has 0 amide bonds. The molecule has 2 aliphatic carbocycles. The molecule has 0 saturated heterocycles. The van der Waals surface area contributed by atoms with Gasteiger partial charge in [-0.15, -0.1) is 0 Å². The molecule has 4 nitrogen and oxygen atoms in total. The molecule has 1 aromatic rings. The van der Waals surface area contributed by atoms with Crippen molar-refractivity contribution in [1.82, 2.24) is 0 Å². The normalized spacial score (nSPS) is 27.1. The Morgan fingerprint density at radius 1 is 1.29 bits per heavy atom. The standard InChI is InChI=1S/C15H17Br2NO3/c16-11-5-4-10(18(19)20)8-12(11)21-14-9-13(17)15(14)6-2-1-3-7-15/h4-5,8,13-14H,1-3,6-7,9H2. The fraction of sp³-hybridized carbons (Fsp3) is 0.600. The van der Waals surface area contributed by atoms with Crippen molar-refractivity contribution < 1.29 is 9.66 Å². The van der Waals surface area contributed by atoms with Crippen LogP contribution in [0.2, 0.25) is 0 Å². The zero-order valence-corrected chi connectivity index (χ0v) is 14.7. The lowest BCUT2D eigenvalue weighted by Gasteiger charge is -2.55. The molecule has 114 valence electrons. The van der Waals surface area contributed by atoms with Gasteiger partial charge in [0, 0.05) is 16.3 Å². The van der Waals surface area contributed by atoms with Crippen LogP contribution in [-0.4, -0.2) is 15.9 Å². The number of nitro groups is 1. The van der Waals surface area contributed by atoms with Crippen molar-refractivity contribution in [3.8, 4) is 5.75 Å². The summed E-state index contributed by atoms with van der Waals surface area (Å²) in [4.78, 5) is 11.0. The van der Waals surface area contributed by atoms with Crippen LogP contribution in [0, 0.1) is 15.5 Å². The quantitative estimate of drug-likeness (QED) is 0.384. The van der Waals surface area contributed by atoms with Crippen LogP contribution in [0.3, 0.4) is 0 Å². The van der Waals surface area contributed by atoms with Gasteiger partial charge >= 0.3 is 0 Å². The number of alkyl halides is 1. The SMILES string of the molecule is O=[N+]([O-])c1ccc(Br)c(OC2CC(Br)C23CCCCC3)c1. The summed E-state index contributed by atoms with van der Waals surface area (Å²) in [5, 5.41) is 10.9. The summed E-state index contributed by atoms with van der Waals surface area (Å²) in [6, 6.07) is 4.69. The first-order valence-electron chi connectivity index (χ1n) is 7.27. The summed E-state index contributed by atoms with van der Waals surface area (Å²) in [5.74, 6) is 0.582. The minimum atomic E-state index is -0.385. The van der Waals surface area contributed by atoms with Crippen molar-refractivity contribution in [2.45, 2.75) is 49.5 Å². The fourth-order valence-electron chi connectivity index (χ4n) is 3.56. The van der Waals surface area contributed by atoms with E-state index in [1.165, 1.54) is 44.2 Å². The zero-order chi connectivity index (χ0) is 15.0. The third-order valence-electron chi connectivity index (χ3n) is 4.87. The molecule has 0 radical (unpaired) electrons. The van der Waals surface area contributed by atoms with Gasteiger partial charge in [0.25, 0.3) is 5.69 Å². The molecule has 2 aliphatic rings. The molecular formula is C15H17Br2NO3. The first-order valence-corrected chi connectivity index (χ1v) is 8.98. The molecule has 1 spiro atoms. The summed E-state index contributed by atoms with van der Waals surface area (Å²) in [6.45, 7) is 0. The average Bonchev–Trinajstić information content (AvgIpc) is 2.49. The van der Waals surface area contributed by atoms with Gasteiger partial charge in [0.15, 0.2) is 0 Å². The minimum absolute atomic E-state index is 0.0700. The van der Waals surface area contributed by atoms with Crippen molar-refractivity contribution in [3.05, 3.63) is 32.8 Å². The highest BCUT2D eigenvalue weighted by Gasteiger charge is 2.55. The number of halogens is 2. The molecule has 2 atom stereocenters. The van der Waals surface area contributed by atoms with E-state index >= 15 is 0 Å². The van der Waals surface area contributed by atoms with Crippen LogP contribution in [0.25, 0.3) is 0 Å². The van der Waals surface area contributed by atoms with Gasteiger partial charge in [-0.05, 0) is 41.3 Å². The molecule has 2 fully saturated rings. The van der Waals surface area contributed by atoms with Gasteiger partial charge in [-0.25, -0.2) is 0 Å². The lowest BCUT2D eigenvalue weighted by atomic mass is 9.58. The Bertz CT molecular complexity index is 558. The Morgan fingerprint density at radius 3 is 2.62 bits per heavy atom. The van der Waals surface area contributed by atoms with E-state index in [-0.39, 0.29) is 22.1 Å². The second-order valence-electron chi connectivity index (χ2n) is 5.98. The fourth-order valence-corrected chi connectivity index (χ4v) is 4.99. The van der Waals surface area contributed by atoms with Gasteiger partial charge in [0.2, 0.25) is 0 Å². The van der Waals surface area contributed by atoms with Crippen LogP contribution < -0.4 is 4.74 Å². The molecule has 0 bridgehead atoms. The van der Waals surface area contributed by atoms with E-state index in [0.29, 0.717) is 10.6 Å². The smallest absolute Gasteiger partial charge is 0.273 e. The van der Waals surface area contributed by atoms with Crippen LogP contribution in [-0.2, 0) is 0 Å². The van der Waals surface area contributed by atoms with Gasteiger partial charge in [-0.2, -0.15) is 0 Å². The number of hydrogen-bond donors (Lipinski definition) is 0. The molecule has 1 aromatic carbocycles. The Labute approximate surface area is 140 Å². The molecule has 0 aromatic heterocycles. The number of hydrogen-bond acceptors (Lipinski definition) is 3. The maximum absolute atomic E-state index is 10.9. The van der Waals surface area contributed by atoms with Crippen molar-refractivity contribution in [3.63, 3.8) is 0 Å². The van der Waals surface area contributed by atoms with E-state index in [0.717, 1.165) is 10.9 Å². The second-order valence-corrected chi connectivity index (χ2v) is 7.94. The highest BCUT2D eigenvalue weighted by atomic mass is 79.9. The summed E-state index contributed by atoms with van der Waals surface area (Å²) < 4.78 is 6.93. The van der Waals surface area contributed by atoms with Crippen LogP contribution in [0.15, 0.2) is 22.7 Å². The molecule has 3 rings (SSSR count). The van der Waals surface area contributed by atoms with Crippen molar-refractivity contribution in [1.29, 1.82) is 0 Å². The third kappa shape index (κ3) is 2.72. The molecule has 6 heteroatoms. The van der Waals surface area contributed by atoms with E-state index in [2.05, 4.69) is 31.9 Å².